The lowest BCUT2D eigenvalue weighted by atomic mass is 9.77. The van der Waals surface area contributed by atoms with Crippen molar-refractivity contribution in [1.82, 2.24) is 0 Å². The first-order valence-electron chi connectivity index (χ1n) is 16.5. The van der Waals surface area contributed by atoms with Gasteiger partial charge in [0.05, 0.1) is 0 Å². The van der Waals surface area contributed by atoms with Gasteiger partial charge in [-0.2, -0.15) is 0 Å². The van der Waals surface area contributed by atoms with Crippen LogP contribution in [0.1, 0.15) is 86.4 Å². The highest BCUT2D eigenvalue weighted by atomic mass is 14.4. The summed E-state index contributed by atoms with van der Waals surface area (Å²) in [6.07, 6.45) is 17.7. The zero-order valence-corrected chi connectivity index (χ0v) is 27.0. The van der Waals surface area contributed by atoms with E-state index in [0.29, 0.717) is 11.8 Å². The van der Waals surface area contributed by atoms with Crippen LogP contribution in [-0.4, -0.2) is 0 Å². The predicted octanol–water partition coefficient (Wildman–Crippen LogP) is 11.8. The summed E-state index contributed by atoms with van der Waals surface area (Å²) >= 11 is 0. The lowest BCUT2D eigenvalue weighted by Gasteiger charge is -2.27. The topological polar surface area (TPSA) is 0 Å². The maximum Gasteiger partial charge on any atom is 0.0159 e. The highest BCUT2D eigenvalue weighted by Crippen LogP contribution is 2.53. The average Bonchev–Trinajstić information content (AvgIpc) is 3.11. The van der Waals surface area contributed by atoms with Crippen LogP contribution in [0, 0.1) is 11.8 Å². The fourth-order valence-electron chi connectivity index (χ4n) is 8.16. The van der Waals surface area contributed by atoms with E-state index in [2.05, 4.69) is 138 Å². The molecule has 0 saturated carbocycles. The van der Waals surface area contributed by atoms with Gasteiger partial charge in [0, 0.05) is 5.41 Å². The summed E-state index contributed by atoms with van der Waals surface area (Å²) < 4.78 is 0. The van der Waals surface area contributed by atoms with Crippen LogP contribution in [-0.2, 0) is 18.3 Å². The van der Waals surface area contributed by atoms with E-state index >= 15 is 0 Å². The summed E-state index contributed by atoms with van der Waals surface area (Å²) in [5, 5.41) is 2.74. The van der Waals surface area contributed by atoms with Gasteiger partial charge in [0.1, 0.15) is 0 Å². The zero-order chi connectivity index (χ0) is 30.6. The Hall–Kier alpha value is -4.16. The first kappa shape index (κ1) is 28.6. The molecule has 0 fully saturated rings. The third kappa shape index (κ3) is 4.67. The monoisotopic (exact) mass is 572 g/mol. The normalized spacial score (nSPS) is 20.3. The van der Waals surface area contributed by atoms with Gasteiger partial charge in [0.25, 0.3) is 0 Å². The van der Waals surface area contributed by atoms with Crippen molar-refractivity contribution in [2.24, 2.45) is 11.8 Å². The van der Waals surface area contributed by atoms with Gasteiger partial charge in [-0.15, -0.1) is 0 Å². The van der Waals surface area contributed by atoms with Crippen molar-refractivity contribution < 1.29 is 0 Å². The second-order valence-corrected chi connectivity index (χ2v) is 13.8. The van der Waals surface area contributed by atoms with Gasteiger partial charge in [0.2, 0.25) is 0 Å². The van der Waals surface area contributed by atoms with E-state index in [1.54, 1.807) is 5.57 Å². The van der Waals surface area contributed by atoms with Crippen molar-refractivity contribution in [3.63, 3.8) is 0 Å². The second kappa shape index (κ2) is 11.1. The van der Waals surface area contributed by atoms with E-state index in [1.165, 1.54) is 84.8 Å². The van der Waals surface area contributed by atoms with Crippen LogP contribution in [0.3, 0.4) is 0 Å². The molecule has 4 aromatic carbocycles. The number of allylic oxidation sites excluding steroid dienone is 9. The molecule has 0 aromatic heterocycles. The molecule has 0 bridgehead atoms. The van der Waals surface area contributed by atoms with Gasteiger partial charge in [-0.1, -0.05) is 137 Å². The molecule has 0 amide bonds. The molecule has 0 heteroatoms. The zero-order valence-electron chi connectivity index (χ0n) is 27.0. The van der Waals surface area contributed by atoms with E-state index in [4.69, 9.17) is 0 Å². The Morgan fingerprint density at radius 3 is 2.52 bits per heavy atom. The Morgan fingerprint density at radius 1 is 0.932 bits per heavy atom. The Morgan fingerprint density at radius 2 is 1.73 bits per heavy atom. The summed E-state index contributed by atoms with van der Waals surface area (Å²) in [6, 6.07) is 26.0. The minimum Gasteiger partial charge on any atom is -0.0990 e. The van der Waals surface area contributed by atoms with Gasteiger partial charge < -0.3 is 0 Å². The molecule has 0 saturated heterocycles. The van der Waals surface area contributed by atoms with Crippen molar-refractivity contribution in [2.45, 2.75) is 65.7 Å². The third-order valence-electron chi connectivity index (χ3n) is 10.5. The maximum absolute atomic E-state index is 3.96. The molecular formula is C44H44. The lowest BCUT2D eigenvalue weighted by molar-refractivity contribution is 0.581. The van der Waals surface area contributed by atoms with Crippen LogP contribution >= 0.6 is 0 Å². The second-order valence-electron chi connectivity index (χ2n) is 13.8. The summed E-state index contributed by atoms with van der Waals surface area (Å²) in [4.78, 5) is 0. The van der Waals surface area contributed by atoms with Gasteiger partial charge in [-0.3, -0.25) is 0 Å². The largest absolute Gasteiger partial charge is 0.0990 e. The number of hydrogen-bond acceptors (Lipinski definition) is 0. The molecule has 0 radical (unpaired) electrons. The molecule has 7 rings (SSSR count). The molecule has 2 unspecified atom stereocenters. The summed E-state index contributed by atoms with van der Waals surface area (Å²) in [5.41, 5.74) is 16.9. The van der Waals surface area contributed by atoms with Crippen molar-refractivity contribution in [1.29, 1.82) is 0 Å². The maximum atomic E-state index is 3.96. The SMILES string of the molecule is C=C/C=C(\C=C/C)c1ccc2c(c1)C(C)(C)c1cc(Cc3ccc4c(c3)CC(C)C3=C4C=CC(C)CC3)c3ccccc3c1-2. The van der Waals surface area contributed by atoms with E-state index in [0.717, 1.165) is 12.8 Å². The minimum absolute atomic E-state index is 0.0915. The molecule has 0 heterocycles. The van der Waals surface area contributed by atoms with Crippen LogP contribution in [0.5, 0.6) is 0 Å². The van der Waals surface area contributed by atoms with Crippen LogP contribution in [0.2, 0.25) is 0 Å². The quantitative estimate of drug-likeness (QED) is 0.209. The Balaban J connectivity index is 1.31. The van der Waals surface area contributed by atoms with E-state index in [1.807, 2.05) is 6.08 Å². The van der Waals surface area contributed by atoms with Crippen LogP contribution < -0.4 is 0 Å². The number of fused-ring (bicyclic) bond motifs is 7. The minimum atomic E-state index is -0.0915. The Labute approximate surface area is 264 Å². The average molecular weight is 573 g/mol. The van der Waals surface area contributed by atoms with Crippen molar-refractivity contribution in [3.05, 3.63) is 154 Å². The van der Waals surface area contributed by atoms with Crippen molar-refractivity contribution in [2.75, 3.05) is 0 Å². The van der Waals surface area contributed by atoms with Gasteiger partial charge in [-0.25, -0.2) is 0 Å². The summed E-state index contributed by atoms with van der Waals surface area (Å²) in [5.74, 6) is 1.27. The fourth-order valence-corrected chi connectivity index (χ4v) is 8.16. The molecule has 0 N–H and O–H groups in total. The standard InChI is InChI=1S/C44H44/c1-7-11-31(12-8-2)32-18-22-40-41(26-32)44(5,6)42-27-34(36-13-9-10-14-39(36)43(40)42)25-30-17-21-37-33(24-30)23-29(4)35-19-15-28(3)16-20-38(35)37/h7-14,16-18,20-22,24,26-29H,1,15,19,23,25H2,2-6H3/b12-8-,31-11+. The van der Waals surface area contributed by atoms with Gasteiger partial charge in [0.15, 0.2) is 0 Å². The smallest absolute Gasteiger partial charge is 0.0159 e. The van der Waals surface area contributed by atoms with Crippen LogP contribution in [0.4, 0.5) is 0 Å². The third-order valence-corrected chi connectivity index (χ3v) is 10.5. The first-order chi connectivity index (χ1) is 21.3. The predicted molar refractivity (Wildman–Crippen MR) is 191 cm³/mol. The van der Waals surface area contributed by atoms with Crippen LogP contribution in [0.15, 0.2) is 115 Å². The van der Waals surface area contributed by atoms with E-state index in [-0.39, 0.29) is 5.41 Å². The summed E-state index contributed by atoms with van der Waals surface area (Å²) in [6.45, 7) is 15.6. The molecule has 2 atom stereocenters. The lowest BCUT2D eigenvalue weighted by Crippen LogP contribution is -2.16. The Kier molecular flexibility index (Phi) is 7.20. The summed E-state index contributed by atoms with van der Waals surface area (Å²) in [7, 11) is 0. The van der Waals surface area contributed by atoms with Gasteiger partial charge >= 0.3 is 0 Å². The Bertz CT molecular complexity index is 1930. The van der Waals surface area contributed by atoms with Crippen LogP contribution in [0.25, 0.3) is 33.0 Å². The molecule has 0 nitrogen and oxygen atoms in total. The molecule has 3 aliphatic carbocycles. The molecule has 0 aliphatic heterocycles. The van der Waals surface area contributed by atoms with E-state index < -0.39 is 0 Å². The number of rotatable bonds is 5. The number of benzene rings is 4. The fraction of sp³-hybridized carbons (Fsp3) is 0.273. The number of hydrogen-bond donors (Lipinski definition) is 0. The molecule has 0 spiro atoms. The highest BCUT2D eigenvalue weighted by Gasteiger charge is 2.37. The molecule has 3 aliphatic rings. The highest BCUT2D eigenvalue weighted by molar-refractivity contribution is 6.04. The molecule has 44 heavy (non-hydrogen) atoms. The molecular weight excluding hydrogens is 528 g/mol. The van der Waals surface area contributed by atoms with Crippen molar-refractivity contribution in [3.8, 4) is 11.1 Å². The van der Waals surface area contributed by atoms with Crippen molar-refractivity contribution >= 4 is 21.9 Å². The first-order valence-corrected chi connectivity index (χ1v) is 16.5. The molecule has 4 aromatic rings. The van der Waals surface area contributed by atoms with Gasteiger partial charge in [-0.05, 0) is 122 Å². The van der Waals surface area contributed by atoms with E-state index in [9.17, 15) is 0 Å². The molecule has 220 valence electrons.